The number of hydrogen-bond acceptors (Lipinski definition) is 4. The Morgan fingerprint density at radius 3 is 2.48 bits per heavy atom. The minimum Gasteiger partial charge on any atom is -0.308 e. The van der Waals surface area contributed by atoms with Crippen molar-refractivity contribution < 1.29 is 8.42 Å². The van der Waals surface area contributed by atoms with Gasteiger partial charge in [0.15, 0.2) is 0 Å². The molecule has 124 valence electrons. The predicted octanol–water partition coefficient (Wildman–Crippen LogP) is 1.79. The lowest BCUT2D eigenvalue weighted by Gasteiger charge is -2.15. The molecule has 1 saturated heterocycles. The molecular weight excluding hydrogens is 312 g/mol. The lowest BCUT2D eigenvalue weighted by molar-refractivity contribution is 0.477. The Bertz CT molecular complexity index is 747. The molecule has 0 saturated carbocycles. The molecule has 0 unspecified atom stereocenters. The summed E-state index contributed by atoms with van der Waals surface area (Å²) in [5.74, 6) is 0. The first-order chi connectivity index (χ1) is 11.1. The van der Waals surface area contributed by atoms with Gasteiger partial charge in [-0.2, -0.15) is 9.40 Å². The van der Waals surface area contributed by atoms with Crippen molar-refractivity contribution in [1.29, 1.82) is 0 Å². The summed E-state index contributed by atoms with van der Waals surface area (Å²) in [5, 5.41) is 10.2. The van der Waals surface area contributed by atoms with Crippen LogP contribution in [-0.2, 0) is 23.1 Å². The lowest BCUT2D eigenvalue weighted by Crippen LogP contribution is -2.27. The van der Waals surface area contributed by atoms with Gasteiger partial charge < -0.3 is 5.32 Å². The van der Waals surface area contributed by atoms with Gasteiger partial charge in [-0.1, -0.05) is 12.1 Å². The van der Waals surface area contributed by atoms with E-state index in [4.69, 9.17) is 0 Å². The molecule has 7 heteroatoms. The number of H-pyrrole nitrogens is 1. The van der Waals surface area contributed by atoms with E-state index >= 15 is 0 Å². The standard InChI is InChI=1S/C16H22N4O2S/c1-13-15(12-18-19-13)11-17-10-14-4-6-16(7-5-14)23(21,22)20-8-2-3-9-20/h4-7,12,17H,2-3,8-11H2,1H3,(H,18,19). The van der Waals surface area contributed by atoms with Gasteiger partial charge in [0, 0.05) is 37.4 Å². The first kappa shape index (κ1) is 16.2. The molecular formula is C16H22N4O2S. The van der Waals surface area contributed by atoms with Gasteiger partial charge in [0.2, 0.25) is 10.0 Å². The number of aromatic amines is 1. The number of rotatable bonds is 6. The average Bonchev–Trinajstić information content (AvgIpc) is 3.20. The number of aromatic nitrogens is 2. The Morgan fingerprint density at radius 2 is 1.87 bits per heavy atom. The summed E-state index contributed by atoms with van der Waals surface area (Å²) in [6.07, 6.45) is 3.72. The van der Waals surface area contributed by atoms with Crippen molar-refractivity contribution in [3.63, 3.8) is 0 Å². The van der Waals surface area contributed by atoms with Crippen LogP contribution >= 0.6 is 0 Å². The Morgan fingerprint density at radius 1 is 1.17 bits per heavy atom. The normalized spacial score (nSPS) is 16.0. The number of aryl methyl sites for hydroxylation is 1. The summed E-state index contributed by atoms with van der Waals surface area (Å²) in [6, 6.07) is 7.15. The largest absolute Gasteiger partial charge is 0.308 e. The van der Waals surface area contributed by atoms with Crippen LogP contribution in [0.25, 0.3) is 0 Å². The van der Waals surface area contributed by atoms with Crippen molar-refractivity contribution in [2.75, 3.05) is 13.1 Å². The van der Waals surface area contributed by atoms with Crippen LogP contribution in [0.3, 0.4) is 0 Å². The third-order valence-corrected chi connectivity index (χ3v) is 6.12. The summed E-state index contributed by atoms with van der Waals surface area (Å²) < 4.78 is 26.5. The molecule has 0 spiro atoms. The molecule has 1 aliphatic rings. The lowest BCUT2D eigenvalue weighted by atomic mass is 10.2. The predicted molar refractivity (Wildman–Crippen MR) is 88.3 cm³/mol. The Labute approximate surface area is 137 Å². The summed E-state index contributed by atoms with van der Waals surface area (Å²) >= 11 is 0. The Hall–Kier alpha value is -1.70. The maximum Gasteiger partial charge on any atom is 0.243 e. The van der Waals surface area contributed by atoms with Gasteiger partial charge in [-0.15, -0.1) is 0 Å². The van der Waals surface area contributed by atoms with E-state index in [1.165, 1.54) is 0 Å². The maximum absolute atomic E-state index is 12.5. The summed E-state index contributed by atoms with van der Waals surface area (Å²) in [6.45, 7) is 4.68. The van der Waals surface area contributed by atoms with Crippen molar-refractivity contribution in [2.45, 2.75) is 37.8 Å². The highest BCUT2D eigenvalue weighted by Crippen LogP contribution is 2.21. The van der Waals surface area contributed by atoms with E-state index in [1.807, 2.05) is 25.3 Å². The number of nitrogens with zero attached hydrogens (tertiary/aromatic N) is 2. The van der Waals surface area contributed by atoms with Gasteiger partial charge in [0.05, 0.1) is 11.1 Å². The minimum atomic E-state index is -3.32. The van der Waals surface area contributed by atoms with E-state index in [-0.39, 0.29) is 0 Å². The van der Waals surface area contributed by atoms with Crippen LogP contribution in [0.5, 0.6) is 0 Å². The summed E-state index contributed by atoms with van der Waals surface area (Å²) in [5.41, 5.74) is 3.26. The number of benzene rings is 1. The maximum atomic E-state index is 12.5. The SMILES string of the molecule is Cc1[nH]ncc1CNCc1ccc(S(=O)(=O)N2CCCC2)cc1. The van der Waals surface area contributed by atoms with Crippen molar-refractivity contribution in [1.82, 2.24) is 19.8 Å². The molecule has 0 aliphatic carbocycles. The van der Waals surface area contributed by atoms with E-state index in [1.54, 1.807) is 16.4 Å². The molecule has 2 N–H and O–H groups in total. The van der Waals surface area contributed by atoms with Crippen LogP contribution in [0.4, 0.5) is 0 Å². The van der Waals surface area contributed by atoms with Crippen LogP contribution in [0.1, 0.15) is 29.7 Å². The number of nitrogens with one attached hydrogen (secondary N) is 2. The van der Waals surface area contributed by atoms with Crippen molar-refractivity contribution in [3.05, 3.63) is 47.3 Å². The van der Waals surface area contributed by atoms with Gasteiger partial charge >= 0.3 is 0 Å². The molecule has 1 aliphatic heterocycles. The van der Waals surface area contributed by atoms with Crippen LogP contribution in [0, 0.1) is 6.92 Å². The molecule has 0 bridgehead atoms. The average molecular weight is 334 g/mol. The second kappa shape index (κ2) is 6.82. The van der Waals surface area contributed by atoms with E-state index in [0.717, 1.165) is 36.2 Å². The first-order valence-corrected chi connectivity index (χ1v) is 9.30. The second-order valence-electron chi connectivity index (χ2n) is 5.88. The monoisotopic (exact) mass is 334 g/mol. The molecule has 3 rings (SSSR count). The molecule has 2 aromatic rings. The van der Waals surface area contributed by atoms with Crippen LogP contribution in [0.15, 0.2) is 35.4 Å². The highest BCUT2D eigenvalue weighted by molar-refractivity contribution is 7.89. The molecule has 1 fully saturated rings. The second-order valence-corrected chi connectivity index (χ2v) is 7.82. The van der Waals surface area contributed by atoms with Crippen LogP contribution < -0.4 is 5.32 Å². The molecule has 0 radical (unpaired) electrons. The fourth-order valence-corrected chi connectivity index (χ4v) is 4.27. The minimum absolute atomic E-state index is 0.383. The molecule has 6 nitrogen and oxygen atoms in total. The van der Waals surface area contributed by atoms with Gasteiger partial charge in [0.1, 0.15) is 0 Å². The van der Waals surface area contributed by atoms with Gasteiger partial charge in [-0.3, -0.25) is 5.10 Å². The Kier molecular flexibility index (Phi) is 4.79. The first-order valence-electron chi connectivity index (χ1n) is 7.86. The third-order valence-electron chi connectivity index (χ3n) is 4.21. The highest BCUT2D eigenvalue weighted by atomic mass is 32.2. The van der Waals surface area contributed by atoms with E-state index in [9.17, 15) is 8.42 Å². The smallest absolute Gasteiger partial charge is 0.243 e. The third kappa shape index (κ3) is 3.63. The van der Waals surface area contributed by atoms with Gasteiger partial charge in [-0.25, -0.2) is 8.42 Å². The zero-order valence-corrected chi connectivity index (χ0v) is 14.1. The summed E-state index contributed by atoms with van der Waals surface area (Å²) in [4.78, 5) is 0.383. The highest BCUT2D eigenvalue weighted by Gasteiger charge is 2.26. The van der Waals surface area contributed by atoms with Gasteiger partial charge in [0.25, 0.3) is 0 Å². The fourth-order valence-electron chi connectivity index (χ4n) is 2.75. The summed E-state index contributed by atoms with van der Waals surface area (Å²) in [7, 11) is -3.32. The molecule has 1 aromatic heterocycles. The van der Waals surface area contributed by atoms with Gasteiger partial charge in [-0.05, 0) is 37.5 Å². The fraction of sp³-hybridized carbons (Fsp3) is 0.438. The van der Waals surface area contributed by atoms with E-state index in [2.05, 4.69) is 15.5 Å². The molecule has 2 heterocycles. The topological polar surface area (TPSA) is 78.1 Å². The van der Waals surface area contributed by atoms with Crippen LogP contribution in [-0.4, -0.2) is 36.0 Å². The Balaban J connectivity index is 1.60. The zero-order valence-electron chi connectivity index (χ0n) is 13.2. The van der Waals surface area contributed by atoms with Crippen LogP contribution in [0.2, 0.25) is 0 Å². The molecule has 1 aromatic carbocycles. The molecule has 0 amide bonds. The van der Waals surface area contributed by atoms with Crippen molar-refractivity contribution >= 4 is 10.0 Å². The molecule has 23 heavy (non-hydrogen) atoms. The van der Waals surface area contributed by atoms with E-state index < -0.39 is 10.0 Å². The van der Waals surface area contributed by atoms with E-state index in [0.29, 0.717) is 24.5 Å². The van der Waals surface area contributed by atoms with Crippen molar-refractivity contribution in [2.24, 2.45) is 0 Å². The number of sulfonamides is 1. The zero-order chi connectivity index (χ0) is 16.3. The molecule has 0 atom stereocenters. The quantitative estimate of drug-likeness (QED) is 0.844. The number of hydrogen-bond donors (Lipinski definition) is 2. The van der Waals surface area contributed by atoms with Crippen molar-refractivity contribution in [3.8, 4) is 0 Å².